The van der Waals surface area contributed by atoms with Crippen molar-refractivity contribution in [1.82, 2.24) is 4.98 Å². The van der Waals surface area contributed by atoms with E-state index in [1.54, 1.807) is 19.4 Å². The van der Waals surface area contributed by atoms with E-state index in [9.17, 15) is 5.11 Å². The van der Waals surface area contributed by atoms with E-state index in [1.165, 1.54) is 0 Å². The molecule has 23 heavy (non-hydrogen) atoms. The Balaban J connectivity index is 2.16. The van der Waals surface area contributed by atoms with Crippen LogP contribution < -0.4 is 4.74 Å². The molecule has 0 aliphatic rings. The predicted molar refractivity (Wildman–Crippen MR) is 89.9 cm³/mol. The van der Waals surface area contributed by atoms with E-state index in [0.29, 0.717) is 6.61 Å². The van der Waals surface area contributed by atoms with Crippen molar-refractivity contribution >= 4 is 10.9 Å². The molecule has 3 rings (SSSR count). The fraction of sp³-hybridized carbons (Fsp3) is 0.211. The highest BCUT2D eigenvalue weighted by molar-refractivity contribution is 5.85. The molecule has 1 atom stereocenters. The van der Waals surface area contributed by atoms with Crippen molar-refractivity contribution < 1.29 is 14.6 Å². The van der Waals surface area contributed by atoms with Gasteiger partial charge in [-0.2, -0.15) is 0 Å². The van der Waals surface area contributed by atoms with Crippen LogP contribution in [0.15, 0.2) is 54.7 Å². The molecule has 0 aliphatic carbocycles. The second-order valence-corrected chi connectivity index (χ2v) is 5.18. The number of ether oxygens (including phenoxy) is 2. The number of hydrogen-bond acceptors (Lipinski definition) is 4. The van der Waals surface area contributed by atoms with Gasteiger partial charge in [-0.3, -0.25) is 4.98 Å². The van der Waals surface area contributed by atoms with Crippen LogP contribution >= 0.6 is 0 Å². The molecule has 0 radical (unpaired) electrons. The van der Waals surface area contributed by atoms with Crippen molar-refractivity contribution in [3.05, 3.63) is 65.9 Å². The summed E-state index contributed by atoms with van der Waals surface area (Å²) in [7, 11) is 1.64. The standard InChI is InChI=1S/C19H19NO3/c1-3-23-19(13-6-8-14(22-2)9-7-13)18-15-5-4-12-20-16(15)10-11-17(18)21/h4-12,19,21H,3H2,1-2H3. The van der Waals surface area contributed by atoms with Gasteiger partial charge in [0.05, 0.1) is 12.6 Å². The maximum absolute atomic E-state index is 10.4. The van der Waals surface area contributed by atoms with Crippen LogP contribution in [0.5, 0.6) is 11.5 Å². The van der Waals surface area contributed by atoms with Crippen molar-refractivity contribution in [3.8, 4) is 11.5 Å². The maximum atomic E-state index is 10.4. The van der Waals surface area contributed by atoms with Gasteiger partial charge in [-0.1, -0.05) is 18.2 Å². The van der Waals surface area contributed by atoms with Gasteiger partial charge in [-0.05, 0) is 42.8 Å². The molecule has 1 aromatic heterocycles. The number of rotatable bonds is 5. The van der Waals surface area contributed by atoms with Crippen molar-refractivity contribution in [2.24, 2.45) is 0 Å². The van der Waals surface area contributed by atoms with Crippen LogP contribution in [0.4, 0.5) is 0 Å². The quantitative estimate of drug-likeness (QED) is 0.771. The molecule has 0 spiro atoms. The third-order valence-electron chi connectivity index (χ3n) is 3.82. The number of phenolic OH excluding ortho intramolecular Hbond substituents is 1. The SMILES string of the molecule is CCOC(c1ccc(OC)cc1)c1c(O)ccc2ncccc12. The van der Waals surface area contributed by atoms with E-state index in [2.05, 4.69) is 4.98 Å². The number of methoxy groups -OCH3 is 1. The van der Waals surface area contributed by atoms with Crippen LogP contribution in [-0.4, -0.2) is 23.8 Å². The first kappa shape index (κ1) is 15.3. The highest BCUT2D eigenvalue weighted by Crippen LogP contribution is 2.37. The smallest absolute Gasteiger partial charge is 0.122 e. The van der Waals surface area contributed by atoms with E-state index in [1.807, 2.05) is 49.4 Å². The first-order valence-corrected chi connectivity index (χ1v) is 7.56. The topological polar surface area (TPSA) is 51.6 Å². The summed E-state index contributed by atoms with van der Waals surface area (Å²) in [6, 6.07) is 15.0. The van der Waals surface area contributed by atoms with Gasteiger partial charge in [-0.15, -0.1) is 0 Å². The molecule has 1 unspecified atom stereocenters. The van der Waals surface area contributed by atoms with Crippen molar-refractivity contribution in [1.29, 1.82) is 0 Å². The second kappa shape index (κ2) is 6.67. The third kappa shape index (κ3) is 2.98. The summed E-state index contributed by atoms with van der Waals surface area (Å²) in [6.45, 7) is 2.48. The Hall–Kier alpha value is -2.59. The zero-order chi connectivity index (χ0) is 16.2. The number of fused-ring (bicyclic) bond motifs is 1. The fourth-order valence-corrected chi connectivity index (χ4v) is 2.73. The minimum absolute atomic E-state index is 0.208. The lowest BCUT2D eigenvalue weighted by Crippen LogP contribution is -2.07. The Kier molecular flexibility index (Phi) is 4.44. The Morgan fingerprint density at radius 3 is 2.57 bits per heavy atom. The van der Waals surface area contributed by atoms with Gasteiger partial charge in [0.15, 0.2) is 0 Å². The minimum atomic E-state index is -0.362. The molecule has 1 N–H and O–H groups in total. The van der Waals surface area contributed by atoms with Crippen molar-refractivity contribution in [3.63, 3.8) is 0 Å². The molecule has 2 aromatic carbocycles. The molecule has 0 bridgehead atoms. The Morgan fingerprint density at radius 1 is 1.09 bits per heavy atom. The van der Waals surface area contributed by atoms with Gasteiger partial charge < -0.3 is 14.6 Å². The molecule has 0 fully saturated rings. The molecule has 4 nitrogen and oxygen atoms in total. The number of hydrogen-bond donors (Lipinski definition) is 1. The van der Waals surface area contributed by atoms with Crippen LogP contribution in [-0.2, 0) is 4.74 Å². The summed E-state index contributed by atoms with van der Waals surface area (Å²) in [5.41, 5.74) is 2.53. The zero-order valence-electron chi connectivity index (χ0n) is 13.2. The zero-order valence-corrected chi connectivity index (χ0v) is 13.2. The summed E-state index contributed by atoms with van der Waals surface area (Å²) in [6.07, 6.45) is 1.38. The molecule has 0 aliphatic heterocycles. The van der Waals surface area contributed by atoms with Gasteiger partial charge in [0.25, 0.3) is 0 Å². The van der Waals surface area contributed by atoms with Crippen LogP contribution in [0, 0.1) is 0 Å². The molecule has 0 saturated heterocycles. The van der Waals surface area contributed by atoms with E-state index >= 15 is 0 Å². The van der Waals surface area contributed by atoms with E-state index in [0.717, 1.165) is 27.8 Å². The molecule has 0 saturated carbocycles. The number of benzene rings is 2. The lowest BCUT2D eigenvalue weighted by atomic mass is 9.96. The largest absolute Gasteiger partial charge is 0.508 e. The third-order valence-corrected chi connectivity index (χ3v) is 3.82. The van der Waals surface area contributed by atoms with E-state index in [-0.39, 0.29) is 11.9 Å². The van der Waals surface area contributed by atoms with Crippen molar-refractivity contribution in [2.45, 2.75) is 13.0 Å². The monoisotopic (exact) mass is 309 g/mol. The second-order valence-electron chi connectivity index (χ2n) is 5.18. The van der Waals surface area contributed by atoms with Crippen molar-refractivity contribution in [2.75, 3.05) is 13.7 Å². The maximum Gasteiger partial charge on any atom is 0.122 e. The number of aromatic hydroxyl groups is 1. The Labute approximate surface area is 135 Å². The first-order valence-electron chi connectivity index (χ1n) is 7.56. The van der Waals surface area contributed by atoms with E-state index in [4.69, 9.17) is 9.47 Å². The van der Waals surface area contributed by atoms with E-state index < -0.39 is 0 Å². The fourth-order valence-electron chi connectivity index (χ4n) is 2.73. The summed E-state index contributed by atoms with van der Waals surface area (Å²) in [4.78, 5) is 4.36. The number of nitrogens with zero attached hydrogens (tertiary/aromatic N) is 1. The van der Waals surface area contributed by atoms with Gasteiger partial charge >= 0.3 is 0 Å². The number of phenols is 1. The normalized spacial score (nSPS) is 12.3. The average molecular weight is 309 g/mol. The molecular formula is C19H19NO3. The summed E-state index contributed by atoms with van der Waals surface area (Å²) < 4.78 is 11.2. The summed E-state index contributed by atoms with van der Waals surface area (Å²) in [5.74, 6) is 0.993. The lowest BCUT2D eigenvalue weighted by Gasteiger charge is -2.21. The lowest BCUT2D eigenvalue weighted by molar-refractivity contribution is 0.0905. The van der Waals surface area contributed by atoms with Crippen LogP contribution in [0.25, 0.3) is 10.9 Å². The van der Waals surface area contributed by atoms with Gasteiger partial charge in [0, 0.05) is 23.8 Å². The minimum Gasteiger partial charge on any atom is -0.508 e. The first-order chi connectivity index (χ1) is 11.2. The highest BCUT2D eigenvalue weighted by Gasteiger charge is 2.21. The molecule has 0 amide bonds. The van der Waals surface area contributed by atoms with Gasteiger partial charge in [-0.25, -0.2) is 0 Å². The summed E-state index contributed by atoms with van der Waals surface area (Å²) >= 11 is 0. The number of aromatic nitrogens is 1. The Bertz CT molecular complexity index is 799. The molecular weight excluding hydrogens is 290 g/mol. The van der Waals surface area contributed by atoms with Gasteiger partial charge in [0.2, 0.25) is 0 Å². The highest BCUT2D eigenvalue weighted by atomic mass is 16.5. The Morgan fingerprint density at radius 2 is 1.87 bits per heavy atom. The van der Waals surface area contributed by atoms with Crippen LogP contribution in [0.1, 0.15) is 24.2 Å². The average Bonchev–Trinajstić information content (AvgIpc) is 2.60. The van der Waals surface area contributed by atoms with Crippen LogP contribution in [0.2, 0.25) is 0 Å². The summed E-state index contributed by atoms with van der Waals surface area (Å²) in [5, 5.41) is 11.3. The molecule has 4 heteroatoms. The molecule has 1 heterocycles. The van der Waals surface area contributed by atoms with Gasteiger partial charge in [0.1, 0.15) is 17.6 Å². The molecule has 118 valence electrons. The predicted octanol–water partition coefficient (Wildman–Crippen LogP) is 4.07. The number of pyridine rings is 1. The molecule has 3 aromatic rings. The van der Waals surface area contributed by atoms with Crippen LogP contribution in [0.3, 0.4) is 0 Å².